The van der Waals surface area contributed by atoms with E-state index in [1.807, 2.05) is 122 Å². The minimum atomic E-state index is -0.354. The third-order valence-corrected chi connectivity index (χ3v) is 13.5. The Morgan fingerprint density at radius 3 is 1.67 bits per heavy atom. The lowest BCUT2D eigenvalue weighted by atomic mass is 10.1. The molecule has 0 spiro atoms. The SMILES string of the molecule is Cc1ccc(-c2cccc(NC(=O)c3ccccn3)n2)cc1.Cc1ccc(-c2csc(NC(=O)c3cnco3)n2)cc1.Cc1ccccc1-c1csc(NC(=O)c2ccno2)n1.O=C(Nc1nc(C2CC2)cs1)c1ccno1. The second kappa shape index (κ2) is 25.7. The van der Waals surface area contributed by atoms with Gasteiger partial charge in [-0.2, -0.15) is 0 Å². The monoisotopic (exact) mass is 1090 g/mol. The summed E-state index contributed by atoms with van der Waals surface area (Å²) in [4.78, 5) is 72.6. The number of anilines is 4. The van der Waals surface area contributed by atoms with Crippen molar-refractivity contribution in [3.8, 4) is 33.8 Å². The molecule has 1 fully saturated rings. The van der Waals surface area contributed by atoms with E-state index in [0.717, 1.165) is 45.0 Å². The van der Waals surface area contributed by atoms with Crippen molar-refractivity contribution in [3.05, 3.63) is 214 Å². The fraction of sp³-hybridized carbons (Fsp3) is 0.107. The summed E-state index contributed by atoms with van der Waals surface area (Å²) in [6.45, 7) is 6.11. The third kappa shape index (κ3) is 14.8. The average molecular weight is 1100 g/mol. The Bertz CT molecular complexity index is 3710. The highest BCUT2D eigenvalue weighted by atomic mass is 32.1. The average Bonchev–Trinajstić information content (AvgIpc) is 4.26. The van der Waals surface area contributed by atoms with Gasteiger partial charge in [0.25, 0.3) is 23.6 Å². The van der Waals surface area contributed by atoms with Gasteiger partial charge in [0.1, 0.15) is 11.5 Å². The van der Waals surface area contributed by atoms with Crippen LogP contribution in [0, 0.1) is 20.8 Å². The maximum atomic E-state index is 12.1. The van der Waals surface area contributed by atoms with E-state index >= 15 is 0 Å². The van der Waals surface area contributed by atoms with Gasteiger partial charge < -0.3 is 18.8 Å². The van der Waals surface area contributed by atoms with Crippen LogP contribution in [-0.2, 0) is 0 Å². The Labute approximate surface area is 457 Å². The van der Waals surface area contributed by atoms with Crippen molar-refractivity contribution in [2.45, 2.75) is 39.5 Å². The minimum absolute atomic E-state index is 0.164. The van der Waals surface area contributed by atoms with Gasteiger partial charge in [-0.3, -0.25) is 40.1 Å². The molecule has 8 aromatic heterocycles. The summed E-state index contributed by atoms with van der Waals surface area (Å²) in [6, 6.07) is 38.0. The second-order valence-electron chi connectivity index (χ2n) is 17.0. The first-order chi connectivity index (χ1) is 38.0. The largest absolute Gasteiger partial charge is 0.438 e. The molecule has 1 aliphatic carbocycles. The van der Waals surface area contributed by atoms with Crippen molar-refractivity contribution in [3.63, 3.8) is 0 Å². The molecule has 8 heterocycles. The van der Waals surface area contributed by atoms with Crippen LogP contribution in [0.25, 0.3) is 33.8 Å². The zero-order valence-electron chi connectivity index (χ0n) is 41.8. The molecule has 0 radical (unpaired) electrons. The Hall–Kier alpha value is -9.64. The van der Waals surface area contributed by atoms with Gasteiger partial charge in [0.2, 0.25) is 17.3 Å². The number of carbonyl (C=O) groups excluding carboxylic acids is 4. The Morgan fingerprint density at radius 2 is 1.09 bits per heavy atom. The van der Waals surface area contributed by atoms with Gasteiger partial charge in [0.05, 0.1) is 41.4 Å². The standard InChI is InChI=1S/C18H15N3O.2C14H11N3O2S.C10H9N3O2S/c1-13-8-10-14(11-9-13)15-6-4-7-17(20-15)21-18(22)16-5-2-3-12-19-16;1-9-2-4-10(5-3-9)11-7-20-14(16-11)17-13(18)12-6-15-8-19-12;1-9-4-2-3-5-10(9)11-8-20-14(16-11)17-13(18)12-6-7-15-19-12;14-9(8-3-4-11-15-8)13-10-12-7(5-16-10)6-1-2-6/h2-12H,1H3,(H,20,21,22);2*2-8H,1H3,(H,16,17,18);3-6H,1-2H2,(H,12,13,14). The molecule has 1 aliphatic rings. The van der Waals surface area contributed by atoms with Crippen LogP contribution in [0.4, 0.5) is 21.2 Å². The summed E-state index contributed by atoms with van der Waals surface area (Å²) in [5.74, 6) is 0.350. The maximum Gasteiger partial charge on any atom is 0.296 e. The lowest BCUT2D eigenvalue weighted by Gasteiger charge is -2.06. The summed E-state index contributed by atoms with van der Waals surface area (Å²) < 4.78 is 14.5. The van der Waals surface area contributed by atoms with Crippen molar-refractivity contribution in [2.75, 3.05) is 21.3 Å². The van der Waals surface area contributed by atoms with Crippen LogP contribution in [-0.4, -0.2) is 63.8 Å². The molecule has 78 heavy (non-hydrogen) atoms. The Kier molecular flexibility index (Phi) is 17.6. The predicted octanol–water partition coefficient (Wildman–Crippen LogP) is 12.7. The molecule has 0 unspecified atom stereocenters. The first-order valence-corrected chi connectivity index (χ1v) is 26.5. The molecule has 0 aliphatic heterocycles. The van der Waals surface area contributed by atoms with E-state index < -0.39 is 0 Å². The molecule has 1 saturated carbocycles. The number of nitrogens with zero attached hydrogens (tertiary/aromatic N) is 8. The van der Waals surface area contributed by atoms with Crippen LogP contribution < -0.4 is 21.3 Å². The molecular weight excluding hydrogens is 1050 g/mol. The number of amides is 4. The molecule has 4 N–H and O–H groups in total. The summed E-state index contributed by atoms with van der Waals surface area (Å²) in [5, 5.41) is 25.3. The number of hydrogen-bond acceptors (Lipinski definition) is 18. The number of nitrogens with one attached hydrogen (secondary N) is 4. The van der Waals surface area contributed by atoms with Crippen molar-refractivity contribution in [2.24, 2.45) is 0 Å². The Morgan fingerprint density at radius 1 is 0.513 bits per heavy atom. The van der Waals surface area contributed by atoms with E-state index in [2.05, 4.69) is 61.5 Å². The van der Waals surface area contributed by atoms with Crippen molar-refractivity contribution in [1.82, 2.24) is 40.2 Å². The predicted molar refractivity (Wildman–Crippen MR) is 299 cm³/mol. The van der Waals surface area contributed by atoms with E-state index in [1.54, 1.807) is 30.5 Å². The van der Waals surface area contributed by atoms with Crippen LogP contribution in [0.3, 0.4) is 0 Å². The summed E-state index contributed by atoms with van der Waals surface area (Å²) in [5.41, 5.74) is 10.6. The van der Waals surface area contributed by atoms with Crippen molar-refractivity contribution < 1.29 is 32.6 Å². The quantitative estimate of drug-likeness (QED) is 0.0887. The van der Waals surface area contributed by atoms with Crippen LogP contribution in [0.5, 0.6) is 0 Å². The third-order valence-electron chi connectivity index (χ3n) is 11.2. The number of aryl methyl sites for hydroxylation is 3. The van der Waals surface area contributed by atoms with Gasteiger partial charge in [-0.05, 0) is 63.4 Å². The van der Waals surface area contributed by atoms with Gasteiger partial charge in [-0.25, -0.2) is 24.9 Å². The van der Waals surface area contributed by atoms with Crippen LogP contribution >= 0.6 is 34.0 Å². The van der Waals surface area contributed by atoms with E-state index in [9.17, 15) is 19.2 Å². The number of oxazole rings is 1. The fourth-order valence-corrected chi connectivity index (χ4v) is 9.16. The highest BCUT2D eigenvalue weighted by Crippen LogP contribution is 2.41. The highest BCUT2D eigenvalue weighted by molar-refractivity contribution is 7.14. The maximum absolute atomic E-state index is 12.1. The van der Waals surface area contributed by atoms with Crippen molar-refractivity contribution in [1.29, 1.82) is 0 Å². The summed E-state index contributed by atoms with van der Waals surface area (Å²) in [6.07, 6.45) is 9.45. The second-order valence-corrected chi connectivity index (χ2v) is 19.6. The van der Waals surface area contributed by atoms with Gasteiger partial charge in [-0.1, -0.05) is 106 Å². The lowest BCUT2D eigenvalue weighted by Crippen LogP contribution is -2.14. The van der Waals surface area contributed by atoms with Crippen LogP contribution in [0.15, 0.2) is 182 Å². The van der Waals surface area contributed by atoms with Crippen molar-refractivity contribution >= 4 is 78.9 Å². The molecule has 0 atom stereocenters. The molecule has 4 amide bonds. The first kappa shape index (κ1) is 53.2. The van der Waals surface area contributed by atoms with Gasteiger partial charge >= 0.3 is 0 Å². The molecule has 0 saturated heterocycles. The molecule has 11 aromatic rings. The Balaban J connectivity index is 0.000000127. The molecule has 22 heteroatoms. The normalized spacial score (nSPS) is 11.3. The summed E-state index contributed by atoms with van der Waals surface area (Å²) >= 11 is 4.18. The molecule has 3 aromatic carbocycles. The van der Waals surface area contributed by atoms with Crippen LogP contribution in [0.1, 0.15) is 83.3 Å². The molecule has 12 rings (SSSR count). The van der Waals surface area contributed by atoms with E-state index in [4.69, 9.17) is 13.5 Å². The van der Waals surface area contributed by atoms with Gasteiger partial charge in [0, 0.05) is 57.1 Å². The number of rotatable bonds is 12. The first-order valence-electron chi connectivity index (χ1n) is 23.9. The number of aromatic nitrogens is 8. The summed E-state index contributed by atoms with van der Waals surface area (Å²) in [7, 11) is 0. The smallest absolute Gasteiger partial charge is 0.296 e. The van der Waals surface area contributed by atoms with Gasteiger partial charge in [0.15, 0.2) is 21.8 Å². The molecule has 0 bridgehead atoms. The van der Waals surface area contributed by atoms with E-state index in [-0.39, 0.29) is 40.9 Å². The molecule has 390 valence electrons. The number of carbonyl (C=O) groups is 4. The van der Waals surface area contributed by atoms with Crippen LogP contribution in [0.2, 0.25) is 0 Å². The van der Waals surface area contributed by atoms with E-state index in [1.165, 1.54) is 95.1 Å². The number of hydrogen-bond donors (Lipinski definition) is 4. The fourth-order valence-electron chi connectivity index (χ4n) is 6.95. The lowest BCUT2D eigenvalue weighted by molar-refractivity contribution is 0.0980. The van der Waals surface area contributed by atoms with E-state index in [0.29, 0.717) is 32.8 Å². The topological polar surface area (TPSA) is 259 Å². The number of benzene rings is 3. The molecular formula is C56H46N12O7S3. The molecule has 19 nitrogen and oxygen atoms in total. The highest BCUT2D eigenvalue weighted by Gasteiger charge is 2.26. The minimum Gasteiger partial charge on any atom is -0.438 e. The zero-order valence-corrected chi connectivity index (χ0v) is 44.3. The zero-order chi connectivity index (χ0) is 54.2. The van der Waals surface area contributed by atoms with Gasteiger partial charge in [-0.15, -0.1) is 34.0 Å². The number of thiazole rings is 3. The number of pyridine rings is 2.